The standard InChI is InChI=1S/C17H14F5N5OS/c18-15(19)11(5-23)7-27-16(28)26(9-25-27)8-12-2-3-13(29-12)10-1-4-14(24-6-10)17(20,21)22/h1-4,6,9H,5,7-8,23H2. The molecule has 154 valence electrons. The van der Waals surface area contributed by atoms with Crippen LogP contribution in [0, 0.1) is 0 Å². The van der Waals surface area contributed by atoms with E-state index < -0.39 is 36.7 Å². The first kappa shape index (κ1) is 20.9. The fourth-order valence-corrected chi connectivity index (χ4v) is 3.46. The van der Waals surface area contributed by atoms with Gasteiger partial charge < -0.3 is 5.73 Å². The monoisotopic (exact) mass is 431 g/mol. The Morgan fingerprint density at radius 3 is 2.52 bits per heavy atom. The summed E-state index contributed by atoms with van der Waals surface area (Å²) >= 11 is 1.27. The van der Waals surface area contributed by atoms with Gasteiger partial charge in [0.2, 0.25) is 0 Å². The third-order valence-electron chi connectivity index (χ3n) is 3.98. The number of nitrogens with zero attached hydrogens (tertiary/aromatic N) is 4. The normalized spacial score (nSPS) is 11.7. The van der Waals surface area contributed by atoms with Crippen LogP contribution in [0.1, 0.15) is 10.6 Å². The first-order valence-electron chi connectivity index (χ1n) is 8.16. The van der Waals surface area contributed by atoms with Crippen LogP contribution in [0.15, 0.2) is 53.2 Å². The predicted molar refractivity (Wildman–Crippen MR) is 96.4 cm³/mol. The van der Waals surface area contributed by atoms with Gasteiger partial charge >= 0.3 is 11.9 Å². The molecule has 0 fully saturated rings. The Kier molecular flexibility index (Phi) is 5.94. The lowest BCUT2D eigenvalue weighted by atomic mass is 10.2. The quantitative estimate of drug-likeness (QED) is 0.608. The highest BCUT2D eigenvalue weighted by atomic mass is 32.1. The summed E-state index contributed by atoms with van der Waals surface area (Å²) in [4.78, 5) is 17.1. The molecule has 0 aromatic carbocycles. The molecule has 0 unspecified atom stereocenters. The van der Waals surface area contributed by atoms with Crippen molar-refractivity contribution in [2.45, 2.75) is 19.3 Å². The maximum atomic E-state index is 12.7. The molecular formula is C17H14F5N5OS. The molecule has 2 N–H and O–H groups in total. The molecule has 0 amide bonds. The van der Waals surface area contributed by atoms with E-state index in [1.54, 1.807) is 12.1 Å². The van der Waals surface area contributed by atoms with Crippen molar-refractivity contribution in [1.82, 2.24) is 19.3 Å². The van der Waals surface area contributed by atoms with Crippen LogP contribution in [0.2, 0.25) is 0 Å². The predicted octanol–water partition coefficient (Wildman–Crippen LogP) is 3.34. The van der Waals surface area contributed by atoms with Gasteiger partial charge in [0.05, 0.1) is 13.1 Å². The number of thiophene rings is 1. The van der Waals surface area contributed by atoms with Crippen molar-refractivity contribution in [2.24, 2.45) is 5.73 Å². The SMILES string of the molecule is NCC(Cn1ncn(Cc2ccc(-c3ccc(C(F)(F)F)nc3)s2)c1=O)=C(F)F. The lowest BCUT2D eigenvalue weighted by Gasteiger charge is -2.05. The molecule has 0 atom stereocenters. The highest BCUT2D eigenvalue weighted by Crippen LogP contribution is 2.31. The zero-order valence-corrected chi connectivity index (χ0v) is 15.5. The van der Waals surface area contributed by atoms with Crippen LogP contribution in [0.25, 0.3) is 10.4 Å². The summed E-state index contributed by atoms with van der Waals surface area (Å²) in [6.07, 6.45) is -4.09. The largest absolute Gasteiger partial charge is 0.433 e. The third-order valence-corrected chi connectivity index (χ3v) is 5.10. The van der Waals surface area contributed by atoms with Crippen molar-refractivity contribution in [3.05, 3.63) is 69.5 Å². The number of pyridine rings is 1. The average Bonchev–Trinajstić information content (AvgIpc) is 3.27. The number of aromatic nitrogens is 4. The third kappa shape index (κ3) is 4.77. The minimum Gasteiger partial charge on any atom is -0.327 e. The number of alkyl halides is 3. The van der Waals surface area contributed by atoms with Gasteiger partial charge in [0, 0.05) is 33.6 Å². The molecule has 3 aromatic rings. The molecule has 6 nitrogen and oxygen atoms in total. The first-order chi connectivity index (χ1) is 13.7. The second-order valence-electron chi connectivity index (χ2n) is 5.96. The van der Waals surface area contributed by atoms with E-state index in [4.69, 9.17) is 5.73 Å². The zero-order chi connectivity index (χ0) is 21.2. The van der Waals surface area contributed by atoms with Crippen molar-refractivity contribution in [3.8, 4) is 10.4 Å². The number of halogens is 5. The molecule has 12 heteroatoms. The van der Waals surface area contributed by atoms with Crippen LogP contribution in [-0.2, 0) is 19.3 Å². The molecule has 3 rings (SSSR count). The van der Waals surface area contributed by atoms with E-state index in [0.29, 0.717) is 10.4 Å². The van der Waals surface area contributed by atoms with Crippen molar-refractivity contribution >= 4 is 11.3 Å². The lowest BCUT2D eigenvalue weighted by molar-refractivity contribution is -0.141. The van der Waals surface area contributed by atoms with Crippen LogP contribution >= 0.6 is 11.3 Å². The van der Waals surface area contributed by atoms with Crippen LogP contribution in [0.5, 0.6) is 0 Å². The molecule has 0 aliphatic carbocycles. The molecule has 0 aliphatic rings. The molecule has 3 heterocycles. The second kappa shape index (κ2) is 8.25. The molecule has 0 saturated heterocycles. The molecule has 0 spiro atoms. The molecule has 0 radical (unpaired) electrons. The van der Waals surface area contributed by atoms with Gasteiger partial charge in [-0.1, -0.05) is 0 Å². The number of nitrogens with two attached hydrogens (primary N) is 1. The topological polar surface area (TPSA) is 78.7 Å². The van der Waals surface area contributed by atoms with Gasteiger partial charge in [-0.25, -0.2) is 9.48 Å². The molecule has 0 aliphatic heterocycles. The lowest BCUT2D eigenvalue weighted by Crippen LogP contribution is -2.27. The molecule has 0 saturated carbocycles. The summed E-state index contributed by atoms with van der Waals surface area (Å²) in [5.41, 5.74) is 3.80. The van der Waals surface area contributed by atoms with Gasteiger partial charge in [0.15, 0.2) is 0 Å². The van der Waals surface area contributed by atoms with Gasteiger partial charge in [-0.2, -0.15) is 27.1 Å². The van der Waals surface area contributed by atoms with E-state index >= 15 is 0 Å². The highest BCUT2D eigenvalue weighted by Gasteiger charge is 2.32. The summed E-state index contributed by atoms with van der Waals surface area (Å²) < 4.78 is 65.4. The Morgan fingerprint density at radius 2 is 1.93 bits per heavy atom. The summed E-state index contributed by atoms with van der Waals surface area (Å²) in [5.74, 6) is 0. The van der Waals surface area contributed by atoms with E-state index in [-0.39, 0.29) is 12.1 Å². The maximum absolute atomic E-state index is 12.7. The summed E-state index contributed by atoms with van der Waals surface area (Å²) in [6, 6.07) is 5.64. The van der Waals surface area contributed by atoms with Crippen molar-refractivity contribution < 1.29 is 22.0 Å². The maximum Gasteiger partial charge on any atom is 0.433 e. The van der Waals surface area contributed by atoms with E-state index in [0.717, 1.165) is 21.8 Å². The van der Waals surface area contributed by atoms with Crippen molar-refractivity contribution in [1.29, 1.82) is 0 Å². The number of hydrogen-bond donors (Lipinski definition) is 1. The Bertz CT molecular complexity index is 1080. The van der Waals surface area contributed by atoms with E-state index in [1.807, 2.05) is 0 Å². The van der Waals surface area contributed by atoms with Gasteiger partial charge in [-0.05, 0) is 24.3 Å². The second-order valence-corrected chi connectivity index (χ2v) is 7.13. The summed E-state index contributed by atoms with van der Waals surface area (Å²) in [5, 5.41) is 3.81. The van der Waals surface area contributed by atoms with Crippen LogP contribution < -0.4 is 11.4 Å². The Morgan fingerprint density at radius 1 is 1.17 bits per heavy atom. The molecule has 29 heavy (non-hydrogen) atoms. The fraction of sp³-hybridized carbons (Fsp3) is 0.235. The first-order valence-corrected chi connectivity index (χ1v) is 8.98. The van der Waals surface area contributed by atoms with Gasteiger partial charge in [0.25, 0.3) is 6.08 Å². The van der Waals surface area contributed by atoms with Gasteiger partial charge in [-0.15, -0.1) is 11.3 Å². The highest BCUT2D eigenvalue weighted by molar-refractivity contribution is 7.15. The number of hydrogen-bond acceptors (Lipinski definition) is 5. The Hall–Kier alpha value is -2.86. The van der Waals surface area contributed by atoms with E-state index in [9.17, 15) is 26.7 Å². The van der Waals surface area contributed by atoms with Crippen LogP contribution in [-0.4, -0.2) is 25.9 Å². The minimum absolute atomic E-state index is 0.136. The fourth-order valence-electron chi connectivity index (χ4n) is 2.46. The molecule has 0 bridgehead atoms. The molecule has 3 aromatic heterocycles. The van der Waals surface area contributed by atoms with Gasteiger partial charge in [0.1, 0.15) is 12.0 Å². The Labute approximate surface area is 164 Å². The minimum atomic E-state index is -4.51. The summed E-state index contributed by atoms with van der Waals surface area (Å²) in [6.45, 7) is -0.661. The van der Waals surface area contributed by atoms with Crippen molar-refractivity contribution in [3.63, 3.8) is 0 Å². The van der Waals surface area contributed by atoms with Crippen LogP contribution in [0.4, 0.5) is 22.0 Å². The Balaban J connectivity index is 1.76. The van der Waals surface area contributed by atoms with E-state index in [1.165, 1.54) is 28.3 Å². The smallest absolute Gasteiger partial charge is 0.327 e. The molecular weight excluding hydrogens is 417 g/mol. The van der Waals surface area contributed by atoms with Crippen molar-refractivity contribution in [2.75, 3.05) is 6.54 Å². The van der Waals surface area contributed by atoms with E-state index in [2.05, 4.69) is 10.1 Å². The number of rotatable bonds is 6. The van der Waals surface area contributed by atoms with Gasteiger partial charge in [-0.3, -0.25) is 9.55 Å². The zero-order valence-electron chi connectivity index (χ0n) is 14.7. The average molecular weight is 431 g/mol. The summed E-state index contributed by atoms with van der Waals surface area (Å²) in [7, 11) is 0. The van der Waals surface area contributed by atoms with Crippen LogP contribution in [0.3, 0.4) is 0 Å².